The number of halogens is 1. The number of rotatable bonds is 4. The van der Waals surface area contributed by atoms with E-state index in [-0.39, 0.29) is 5.69 Å². The van der Waals surface area contributed by atoms with Crippen LogP contribution >= 0.6 is 15.9 Å². The Bertz CT molecular complexity index is 370. The van der Waals surface area contributed by atoms with Crippen molar-refractivity contribution in [3.8, 4) is 0 Å². The molecule has 0 radical (unpaired) electrons. The monoisotopic (exact) mass is 274 g/mol. The normalized spacial score (nSPS) is 12.5. The first-order valence-corrected chi connectivity index (χ1v) is 5.18. The summed E-state index contributed by atoms with van der Waals surface area (Å²) in [5.41, 5.74) is 5.75. The Labute approximate surface area is 95.2 Å². The van der Waals surface area contributed by atoms with Gasteiger partial charge < -0.3 is 10.8 Å². The Hall–Kier alpha value is -0.980. The molecule has 15 heavy (non-hydrogen) atoms. The highest BCUT2D eigenvalue weighted by atomic mass is 79.9. The second-order valence-corrected chi connectivity index (χ2v) is 3.82. The third-order valence-corrected chi connectivity index (χ3v) is 2.87. The minimum atomic E-state index is -0.774. The molecule has 0 unspecified atom stereocenters. The fourth-order valence-corrected chi connectivity index (χ4v) is 1.92. The Balaban J connectivity index is 3.09. The molecule has 1 aromatic carbocycles. The van der Waals surface area contributed by atoms with Crippen LogP contribution in [0.2, 0.25) is 0 Å². The number of hydrogen-bond acceptors (Lipinski definition) is 4. The Kier molecular flexibility index (Phi) is 4.19. The molecule has 1 rings (SSSR count). The lowest BCUT2D eigenvalue weighted by Crippen LogP contribution is -2.07. The lowest BCUT2D eigenvalue weighted by Gasteiger charge is -2.11. The molecule has 0 heterocycles. The predicted octanol–water partition coefficient (Wildman–Crippen LogP) is 1.74. The summed E-state index contributed by atoms with van der Waals surface area (Å²) in [6.45, 7) is 0.330. The zero-order chi connectivity index (χ0) is 11.4. The van der Waals surface area contributed by atoms with Crippen molar-refractivity contribution in [1.82, 2.24) is 0 Å². The molecule has 0 saturated heterocycles. The number of nitrogens with two attached hydrogens (primary N) is 1. The molecule has 0 spiro atoms. The molecule has 82 valence electrons. The molecule has 1 atom stereocenters. The molecule has 0 amide bonds. The van der Waals surface area contributed by atoms with Crippen LogP contribution in [0.25, 0.3) is 0 Å². The van der Waals surface area contributed by atoms with Gasteiger partial charge in [0, 0.05) is 11.6 Å². The van der Waals surface area contributed by atoms with E-state index in [1.165, 1.54) is 12.1 Å². The largest absolute Gasteiger partial charge is 0.388 e. The molecule has 5 nitrogen and oxygen atoms in total. The van der Waals surface area contributed by atoms with Crippen LogP contribution in [0.3, 0.4) is 0 Å². The van der Waals surface area contributed by atoms with Crippen molar-refractivity contribution in [2.75, 3.05) is 6.54 Å². The van der Waals surface area contributed by atoms with E-state index in [0.29, 0.717) is 23.0 Å². The van der Waals surface area contributed by atoms with Crippen molar-refractivity contribution in [3.63, 3.8) is 0 Å². The summed E-state index contributed by atoms with van der Waals surface area (Å²) in [5, 5.41) is 20.3. The summed E-state index contributed by atoms with van der Waals surface area (Å²) in [6, 6.07) is 4.55. The van der Waals surface area contributed by atoms with Gasteiger partial charge in [-0.3, -0.25) is 10.1 Å². The summed E-state index contributed by atoms with van der Waals surface area (Å²) in [5.74, 6) is 0. The SMILES string of the molecule is NCC[C@H](O)c1cccc([N+](=O)[O-])c1Br. The van der Waals surface area contributed by atoms with Crippen molar-refractivity contribution in [2.24, 2.45) is 5.73 Å². The van der Waals surface area contributed by atoms with Crippen molar-refractivity contribution in [1.29, 1.82) is 0 Å². The molecule has 0 aromatic heterocycles. The third kappa shape index (κ3) is 2.74. The van der Waals surface area contributed by atoms with E-state index in [1.54, 1.807) is 6.07 Å². The van der Waals surface area contributed by atoms with Crippen LogP contribution in [0, 0.1) is 10.1 Å². The van der Waals surface area contributed by atoms with Crippen molar-refractivity contribution in [2.45, 2.75) is 12.5 Å². The van der Waals surface area contributed by atoms with Gasteiger partial charge in [-0.25, -0.2) is 0 Å². The van der Waals surface area contributed by atoms with Crippen LogP contribution in [0.1, 0.15) is 18.1 Å². The van der Waals surface area contributed by atoms with Gasteiger partial charge in [0.15, 0.2) is 0 Å². The van der Waals surface area contributed by atoms with Crippen LogP contribution < -0.4 is 5.73 Å². The summed E-state index contributed by atoms with van der Waals surface area (Å²) >= 11 is 3.11. The highest BCUT2D eigenvalue weighted by molar-refractivity contribution is 9.10. The second kappa shape index (κ2) is 5.20. The minimum Gasteiger partial charge on any atom is -0.388 e. The van der Waals surface area contributed by atoms with E-state index in [4.69, 9.17) is 5.73 Å². The molecule has 0 aliphatic heterocycles. The molecule has 0 fully saturated rings. The average Bonchev–Trinajstić information content (AvgIpc) is 2.17. The maximum Gasteiger partial charge on any atom is 0.283 e. The summed E-state index contributed by atoms with van der Waals surface area (Å²) < 4.78 is 0.316. The molecule has 3 N–H and O–H groups in total. The van der Waals surface area contributed by atoms with E-state index in [2.05, 4.69) is 15.9 Å². The maximum absolute atomic E-state index is 10.6. The van der Waals surface area contributed by atoms with Gasteiger partial charge >= 0.3 is 0 Å². The Morgan fingerprint density at radius 1 is 1.60 bits per heavy atom. The standard InChI is InChI=1S/C9H11BrN2O3/c10-9-6(8(13)4-5-11)2-1-3-7(9)12(14)15/h1-3,8,13H,4-5,11H2/t8-/m0/s1. The summed E-state index contributed by atoms with van der Waals surface area (Å²) in [6.07, 6.45) is -0.399. The van der Waals surface area contributed by atoms with Crippen LogP contribution in [0.15, 0.2) is 22.7 Å². The summed E-state index contributed by atoms with van der Waals surface area (Å²) in [7, 11) is 0. The average molecular weight is 275 g/mol. The molecule has 0 aliphatic rings. The van der Waals surface area contributed by atoms with E-state index >= 15 is 0 Å². The molecule has 0 bridgehead atoms. The van der Waals surface area contributed by atoms with E-state index in [9.17, 15) is 15.2 Å². The van der Waals surface area contributed by atoms with Gasteiger partial charge in [0.25, 0.3) is 5.69 Å². The quantitative estimate of drug-likeness (QED) is 0.647. The van der Waals surface area contributed by atoms with Gasteiger partial charge in [-0.1, -0.05) is 12.1 Å². The lowest BCUT2D eigenvalue weighted by molar-refractivity contribution is -0.385. The smallest absolute Gasteiger partial charge is 0.283 e. The number of aliphatic hydroxyl groups is 1. The van der Waals surface area contributed by atoms with Crippen molar-refractivity contribution in [3.05, 3.63) is 38.3 Å². The van der Waals surface area contributed by atoms with Gasteiger partial charge in [0.1, 0.15) is 4.47 Å². The van der Waals surface area contributed by atoms with Crippen LogP contribution in [-0.4, -0.2) is 16.6 Å². The van der Waals surface area contributed by atoms with E-state index in [0.717, 1.165) is 0 Å². The van der Waals surface area contributed by atoms with Gasteiger partial charge in [0.2, 0.25) is 0 Å². The van der Waals surface area contributed by atoms with Crippen LogP contribution in [-0.2, 0) is 0 Å². The fourth-order valence-electron chi connectivity index (χ4n) is 1.25. The van der Waals surface area contributed by atoms with Gasteiger partial charge in [-0.15, -0.1) is 0 Å². The zero-order valence-electron chi connectivity index (χ0n) is 7.89. The van der Waals surface area contributed by atoms with Gasteiger partial charge in [-0.05, 0) is 28.9 Å². The molecule has 1 aromatic rings. The van der Waals surface area contributed by atoms with Crippen molar-refractivity contribution >= 4 is 21.6 Å². The summed E-state index contributed by atoms with van der Waals surface area (Å²) in [4.78, 5) is 10.1. The number of aliphatic hydroxyl groups excluding tert-OH is 1. The molecular formula is C9H11BrN2O3. The fraction of sp³-hybridized carbons (Fsp3) is 0.333. The minimum absolute atomic E-state index is 0.0522. The third-order valence-electron chi connectivity index (χ3n) is 2.00. The topological polar surface area (TPSA) is 89.4 Å². The number of benzene rings is 1. The molecule has 0 aliphatic carbocycles. The first kappa shape index (κ1) is 12.1. The number of nitro groups is 1. The van der Waals surface area contributed by atoms with Gasteiger partial charge in [0.05, 0.1) is 11.0 Å². The van der Waals surface area contributed by atoms with E-state index < -0.39 is 11.0 Å². The number of nitrogens with zero attached hydrogens (tertiary/aromatic N) is 1. The molecule has 0 saturated carbocycles. The number of nitro benzene ring substituents is 1. The molecule has 6 heteroatoms. The number of hydrogen-bond donors (Lipinski definition) is 2. The second-order valence-electron chi connectivity index (χ2n) is 3.03. The predicted molar refractivity (Wildman–Crippen MR) is 59.4 cm³/mol. The van der Waals surface area contributed by atoms with E-state index in [1.807, 2.05) is 0 Å². The van der Waals surface area contributed by atoms with Crippen LogP contribution in [0.5, 0.6) is 0 Å². The Morgan fingerprint density at radius 2 is 2.27 bits per heavy atom. The first-order valence-electron chi connectivity index (χ1n) is 4.39. The van der Waals surface area contributed by atoms with Gasteiger partial charge in [-0.2, -0.15) is 0 Å². The van der Waals surface area contributed by atoms with Crippen molar-refractivity contribution < 1.29 is 10.0 Å². The highest BCUT2D eigenvalue weighted by Crippen LogP contribution is 2.32. The first-order chi connectivity index (χ1) is 7.07. The maximum atomic E-state index is 10.6. The molecular weight excluding hydrogens is 264 g/mol. The highest BCUT2D eigenvalue weighted by Gasteiger charge is 2.18. The van der Waals surface area contributed by atoms with Crippen LogP contribution in [0.4, 0.5) is 5.69 Å². The lowest BCUT2D eigenvalue weighted by atomic mass is 10.1. The Morgan fingerprint density at radius 3 is 2.80 bits per heavy atom. The zero-order valence-corrected chi connectivity index (χ0v) is 9.48.